The van der Waals surface area contributed by atoms with Gasteiger partial charge in [0.05, 0.1) is 12.8 Å². The first-order valence-corrected chi connectivity index (χ1v) is 6.26. The molecule has 0 saturated heterocycles. The number of rotatable bonds is 7. The van der Waals surface area contributed by atoms with Crippen LogP contribution in [0.5, 0.6) is 5.75 Å². The molecular weight excluding hydrogens is 236 g/mol. The van der Waals surface area contributed by atoms with Gasteiger partial charge in [-0.2, -0.15) is 0 Å². The maximum atomic E-state index is 6.01. The fourth-order valence-electron chi connectivity index (χ4n) is 1.73. The molecule has 1 N–H and O–H groups in total. The SMILES string of the molecule is CNCCCCN(C)c1cc(Cl)ccc1OC. The van der Waals surface area contributed by atoms with E-state index in [1.54, 1.807) is 7.11 Å². The van der Waals surface area contributed by atoms with Crippen LogP contribution in [0, 0.1) is 0 Å². The Balaban J connectivity index is 2.60. The monoisotopic (exact) mass is 256 g/mol. The third kappa shape index (κ3) is 4.44. The highest BCUT2D eigenvalue weighted by Crippen LogP contribution is 2.30. The van der Waals surface area contributed by atoms with Gasteiger partial charge in [-0.05, 0) is 44.6 Å². The zero-order chi connectivity index (χ0) is 12.7. The summed E-state index contributed by atoms with van der Waals surface area (Å²) >= 11 is 6.01. The third-order valence-corrected chi connectivity index (χ3v) is 2.96. The van der Waals surface area contributed by atoms with Crippen molar-refractivity contribution in [3.05, 3.63) is 23.2 Å². The van der Waals surface area contributed by atoms with Crippen molar-refractivity contribution in [2.45, 2.75) is 12.8 Å². The smallest absolute Gasteiger partial charge is 0.142 e. The first-order valence-electron chi connectivity index (χ1n) is 5.88. The minimum atomic E-state index is 0.739. The molecule has 0 unspecified atom stereocenters. The van der Waals surface area contributed by atoms with Crippen molar-refractivity contribution in [2.24, 2.45) is 0 Å². The maximum Gasteiger partial charge on any atom is 0.142 e. The minimum absolute atomic E-state index is 0.739. The molecule has 0 aliphatic carbocycles. The van der Waals surface area contributed by atoms with E-state index in [-0.39, 0.29) is 0 Å². The Morgan fingerprint density at radius 1 is 1.35 bits per heavy atom. The number of nitrogens with zero attached hydrogens (tertiary/aromatic N) is 1. The number of halogens is 1. The van der Waals surface area contributed by atoms with Gasteiger partial charge >= 0.3 is 0 Å². The molecule has 0 amide bonds. The molecule has 0 aromatic heterocycles. The highest BCUT2D eigenvalue weighted by atomic mass is 35.5. The third-order valence-electron chi connectivity index (χ3n) is 2.72. The molecule has 0 saturated carbocycles. The number of ether oxygens (including phenoxy) is 1. The second-order valence-electron chi connectivity index (χ2n) is 4.05. The van der Waals surface area contributed by atoms with Crippen molar-refractivity contribution >= 4 is 17.3 Å². The predicted molar refractivity (Wildman–Crippen MR) is 74.4 cm³/mol. The molecule has 3 nitrogen and oxygen atoms in total. The van der Waals surface area contributed by atoms with E-state index < -0.39 is 0 Å². The number of nitrogens with one attached hydrogen (secondary N) is 1. The average Bonchev–Trinajstić information content (AvgIpc) is 2.34. The quantitative estimate of drug-likeness (QED) is 0.760. The molecule has 1 aromatic carbocycles. The predicted octanol–water partition coefficient (Wildman–Crippen LogP) is 2.78. The summed E-state index contributed by atoms with van der Waals surface area (Å²) in [5.74, 6) is 0.866. The van der Waals surface area contributed by atoms with Gasteiger partial charge in [0.1, 0.15) is 5.75 Å². The van der Waals surface area contributed by atoms with Crippen LogP contribution in [0.3, 0.4) is 0 Å². The second-order valence-corrected chi connectivity index (χ2v) is 4.48. The first kappa shape index (κ1) is 14.1. The Morgan fingerprint density at radius 2 is 2.12 bits per heavy atom. The largest absolute Gasteiger partial charge is 0.495 e. The topological polar surface area (TPSA) is 24.5 Å². The van der Waals surface area contributed by atoms with E-state index in [4.69, 9.17) is 16.3 Å². The maximum absolute atomic E-state index is 6.01. The summed E-state index contributed by atoms with van der Waals surface area (Å²) in [7, 11) is 5.72. The molecule has 96 valence electrons. The van der Waals surface area contributed by atoms with Crippen LogP contribution in [-0.4, -0.2) is 34.3 Å². The number of hydrogen-bond acceptors (Lipinski definition) is 3. The molecule has 4 heteroatoms. The fraction of sp³-hybridized carbons (Fsp3) is 0.538. The minimum Gasteiger partial charge on any atom is -0.495 e. The molecule has 0 fully saturated rings. The lowest BCUT2D eigenvalue weighted by Gasteiger charge is -2.22. The molecule has 0 radical (unpaired) electrons. The van der Waals surface area contributed by atoms with Crippen LogP contribution in [0.15, 0.2) is 18.2 Å². The highest BCUT2D eigenvalue weighted by molar-refractivity contribution is 6.30. The van der Waals surface area contributed by atoms with Crippen molar-refractivity contribution in [1.29, 1.82) is 0 Å². The van der Waals surface area contributed by atoms with Crippen molar-refractivity contribution in [3.63, 3.8) is 0 Å². The van der Waals surface area contributed by atoms with Crippen LogP contribution in [0.25, 0.3) is 0 Å². The van der Waals surface area contributed by atoms with Crippen LogP contribution in [0.2, 0.25) is 5.02 Å². The standard InChI is InChI=1S/C13H21ClN2O/c1-15-8-4-5-9-16(2)12-10-11(14)6-7-13(12)17-3/h6-7,10,15H,4-5,8-9H2,1-3H3. The number of anilines is 1. The molecule has 0 spiro atoms. The van der Waals surface area contributed by atoms with Gasteiger partial charge in [0.25, 0.3) is 0 Å². The Hall–Kier alpha value is -0.930. The van der Waals surface area contributed by atoms with Crippen LogP contribution in [0.1, 0.15) is 12.8 Å². The normalized spacial score (nSPS) is 10.4. The van der Waals surface area contributed by atoms with Crippen LogP contribution in [0.4, 0.5) is 5.69 Å². The molecular formula is C13H21ClN2O. The van der Waals surface area contributed by atoms with Gasteiger partial charge < -0.3 is 15.0 Å². The van der Waals surface area contributed by atoms with E-state index in [9.17, 15) is 0 Å². The molecule has 0 atom stereocenters. The Bertz CT molecular complexity index is 344. The Labute approximate surface area is 109 Å². The van der Waals surface area contributed by atoms with Crippen LogP contribution >= 0.6 is 11.6 Å². The van der Waals surface area contributed by atoms with E-state index in [1.807, 2.05) is 25.2 Å². The average molecular weight is 257 g/mol. The summed E-state index contributed by atoms with van der Waals surface area (Å²) in [6, 6.07) is 5.69. The van der Waals surface area contributed by atoms with E-state index in [1.165, 1.54) is 6.42 Å². The van der Waals surface area contributed by atoms with E-state index >= 15 is 0 Å². The number of hydrogen-bond donors (Lipinski definition) is 1. The summed E-state index contributed by atoms with van der Waals surface area (Å²) in [6.07, 6.45) is 2.32. The van der Waals surface area contributed by atoms with E-state index in [0.29, 0.717) is 0 Å². The van der Waals surface area contributed by atoms with Gasteiger partial charge in [0.15, 0.2) is 0 Å². The molecule has 17 heavy (non-hydrogen) atoms. The van der Waals surface area contributed by atoms with Crippen molar-refractivity contribution in [1.82, 2.24) is 5.32 Å². The molecule has 0 heterocycles. The van der Waals surface area contributed by atoms with Gasteiger partial charge in [-0.15, -0.1) is 0 Å². The zero-order valence-corrected chi connectivity index (χ0v) is 11.5. The summed E-state index contributed by atoms with van der Waals surface area (Å²) in [5, 5.41) is 3.89. The number of unbranched alkanes of at least 4 members (excludes halogenated alkanes) is 1. The molecule has 0 aliphatic rings. The lowest BCUT2D eigenvalue weighted by atomic mass is 10.2. The summed E-state index contributed by atoms with van der Waals surface area (Å²) in [5.41, 5.74) is 1.05. The summed E-state index contributed by atoms with van der Waals surface area (Å²) in [4.78, 5) is 2.18. The molecule has 1 rings (SSSR count). The van der Waals surface area contributed by atoms with Gasteiger partial charge in [-0.3, -0.25) is 0 Å². The molecule has 0 aliphatic heterocycles. The molecule has 1 aromatic rings. The Morgan fingerprint density at radius 3 is 2.76 bits per heavy atom. The van der Waals surface area contributed by atoms with Crippen LogP contribution in [-0.2, 0) is 0 Å². The first-order chi connectivity index (χ1) is 8.19. The summed E-state index contributed by atoms with van der Waals surface area (Å²) < 4.78 is 5.34. The van der Waals surface area contributed by atoms with Gasteiger partial charge in [-0.25, -0.2) is 0 Å². The zero-order valence-electron chi connectivity index (χ0n) is 10.8. The lowest BCUT2D eigenvalue weighted by Crippen LogP contribution is -2.20. The van der Waals surface area contributed by atoms with Crippen molar-refractivity contribution < 1.29 is 4.74 Å². The molecule has 0 bridgehead atoms. The van der Waals surface area contributed by atoms with Gasteiger partial charge in [0, 0.05) is 18.6 Å². The van der Waals surface area contributed by atoms with Gasteiger partial charge in [-0.1, -0.05) is 11.6 Å². The lowest BCUT2D eigenvalue weighted by molar-refractivity contribution is 0.414. The fourth-order valence-corrected chi connectivity index (χ4v) is 1.90. The van der Waals surface area contributed by atoms with E-state index in [0.717, 1.165) is 36.0 Å². The second kappa shape index (κ2) is 7.41. The highest BCUT2D eigenvalue weighted by Gasteiger charge is 2.08. The Kier molecular flexibility index (Phi) is 6.16. The van der Waals surface area contributed by atoms with Crippen LogP contribution < -0.4 is 15.0 Å². The van der Waals surface area contributed by atoms with Gasteiger partial charge in [0.2, 0.25) is 0 Å². The van der Waals surface area contributed by atoms with E-state index in [2.05, 4.69) is 17.3 Å². The number of benzene rings is 1. The van der Waals surface area contributed by atoms with Crippen molar-refractivity contribution in [3.8, 4) is 5.75 Å². The van der Waals surface area contributed by atoms with Crippen molar-refractivity contribution in [2.75, 3.05) is 39.2 Å². The number of methoxy groups -OCH3 is 1. The summed E-state index contributed by atoms with van der Waals surface area (Å²) in [6.45, 7) is 2.05.